The van der Waals surface area contributed by atoms with Crippen LogP contribution in [-0.2, 0) is 19.5 Å². The Morgan fingerprint density at radius 1 is 1.19 bits per heavy atom. The molecule has 0 atom stereocenters. The molecule has 3 heterocycles. The summed E-state index contributed by atoms with van der Waals surface area (Å²) >= 11 is 6.48. The van der Waals surface area contributed by atoms with Crippen molar-refractivity contribution < 1.29 is 17.9 Å². The largest absolute Gasteiger partial charge is 0.347 e. The van der Waals surface area contributed by atoms with Crippen molar-refractivity contribution in [1.82, 2.24) is 8.96 Å². The molecule has 6 nitrogen and oxygen atoms in total. The maximum atomic E-state index is 12.9. The first kappa shape index (κ1) is 18.2. The first-order chi connectivity index (χ1) is 13.0. The van der Waals surface area contributed by atoms with Crippen LogP contribution >= 0.6 is 11.6 Å². The minimum absolute atomic E-state index is 0.197. The number of rotatable bonds is 4. The smallest absolute Gasteiger partial charge is 0.269 e. The van der Waals surface area contributed by atoms with Crippen LogP contribution < -0.4 is 0 Å². The van der Waals surface area contributed by atoms with E-state index in [1.54, 1.807) is 42.5 Å². The van der Waals surface area contributed by atoms with Gasteiger partial charge in [-0.15, -0.1) is 0 Å². The van der Waals surface area contributed by atoms with E-state index in [9.17, 15) is 8.42 Å². The summed E-state index contributed by atoms with van der Waals surface area (Å²) < 4.78 is 37.8. The average molecular weight is 405 g/mol. The number of halogens is 1. The normalized spacial score (nSPS) is 15.9. The van der Waals surface area contributed by atoms with Crippen molar-refractivity contribution in [3.05, 3.63) is 65.0 Å². The lowest BCUT2D eigenvalue weighted by molar-refractivity contribution is -0.000908. The number of ether oxygens (including phenoxy) is 2. The van der Waals surface area contributed by atoms with E-state index < -0.39 is 16.3 Å². The Hall–Kier alpha value is -2.19. The zero-order chi connectivity index (χ0) is 19.0. The third kappa shape index (κ3) is 3.39. The van der Waals surface area contributed by atoms with Gasteiger partial charge in [-0.3, -0.25) is 0 Å². The summed E-state index contributed by atoms with van der Waals surface area (Å²) in [5, 5.41) is 0.981. The molecule has 0 aliphatic carbocycles. The molecule has 0 saturated carbocycles. The van der Waals surface area contributed by atoms with Gasteiger partial charge < -0.3 is 9.47 Å². The maximum absolute atomic E-state index is 12.9. The number of aromatic nitrogens is 2. The monoisotopic (exact) mass is 404 g/mol. The van der Waals surface area contributed by atoms with E-state index in [1.165, 1.54) is 12.4 Å². The van der Waals surface area contributed by atoms with E-state index in [4.69, 9.17) is 21.1 Å². The molecule has 4 rings (SSSR count). The third-order valence-electron chi connectivity index (χ3n) is 4.30. The molecule has 1 aliphatic heterocycles. The molecule has 0 radical (unpaired) electrons. The predicted octanol–water partition coefficient (Wildman–Crippen LogP) is 3.62. The van der Waals surface area contributed by atoms with Gasteiger partial charge in [-0.1, -0.05) is 35.4 Å². The van der Waals surface area contributed by atoms with Gasteiger partial charge in [0.25, 0.3) is 10.0 Å². The lowest BCUT2D eigenvalue weighted by atomic mass is 10.2. The van der Waals surface area contributed by atoms with Crippen molar-refractivity contribution in [1.29, 1.82) is 0 Å². The van der Waals surface area contributed by atoms with Gasteiger partial charge in [0.05, 0.1) is 23.1 Å². The molecule has 0 bridgehead atoms. The quantitative estimate of drug-likeness (QED) is 0.664. The van der Waals surface area contributed by atoms with Gasteiger partial charge in [0.1, 0.15) is 0 Å². The Morgan fingerprint density at radius 2 is 1.89 bits per heavy atom. The molecule has 3 aromatic rings. The number of fused-ring (bicyclic) bond motifs is 1. The van der Waals surface area contributed by atoms with Crippen molar-refractivity contribution in [3.8, 4) is 0 Å². The molecule has 0 spiro atoms. The summed E-state index contributed by atoms with van der Waals surface area (Å²) in [7, 11) is -3.76. The van der Waals surface area contributed by atoms with E-state index in [0.717, 1.165) is 9.54 Å². The second-order valence-electron chi connectivity index (χ2n) is 6.16. The van der Waals surface area contributed by atoms with Crippen molar-refractivity contribution in [3.63, 3.8) is 0 Å². The van der Waals surface area contributed by atoms with Gasteiger partial charge in [-0.05, 0) is 31.2 Å². The zero-order valence-electron chi connectivity index (χ0n) is 14.5. The Bertz CT molecular complexity index is 1110. The molecule has 8 heteroatoms. The lowest BCUT2D eigenvalue weighted by Crippen LogP contribution is -2.12. The predicted molar refractivity (Wildman–Crippen MR) is 103 cm³/mol. The first-order valence-electron chi connectivity index (χ1n) is 8.36. The lowest BCUT2D eigenvalue weighted by Gasteiger charge is -2.08. The molecule has 1 fully saturated rings. The number of hydrogen-bond donors (Lipinski definition) is 0. The zero-order valence-corrected chi connectivity index (χ0v) is 16.1. The molecular weight excluding hydrogens is 388 g/mol. The summed E-state index contributed by atoms with van der Waals surface area (Å²) in [6.07, 6.45) is 6.12. The van der Waals surface area contributed by atoms with Crippen LogP contribution in [0.2, 0.25) is 5.02 Å². The fraction of sp³-hybridized carbons (Fsp3) is 0.211. The standard InChI is InChI=1S/C19H17ClN2O4S/c1-13-2-5-15(6-3-13)27(23,24)22-9-8-16-18(20)14(12-21-19(16)22)4-7-17-25-10-11-26-17/h2-9,12,17H,10-11H2,1H3/b7-4+. The summed E-state index contributed by atoms with van der Waals surface area (Å²) in [5.41, 5.74) is 1.93. The highest BCUT2D eigenvalue weighted by atomic mass is 35.5. The Balaban J connectivity index is 1.74. The highest BCUT2D eigenvalue weighted by Crippen LogP contribution is 2.30. The molecule has 2 aromatic heterocycles. The molecule has 0 unspecified atom stereocenters. The van der Waals surface area contributed by atoms with Gasteiger partial charge in [-0.2, -0.15) is 0 Å². The summed E-state index contributed by atoms with van der Waals surface area (Å²) in [6, 6.07) is 8.33. The number of hydrogen-bond acceptors (Lipinski definition) is 5. The molecule has 0 amide bonds. The Morgan fingerprint density at radius 3 is 2.59 bits per heavy atom. The van der Waals surface area contributed by atoms with Crippen LogP contribution in [0.15, 0.2) is 53.7 Å². The van der Waals surface area contributed by atoms with Crippen LogP contribution in [-0.4, -0.2) is 36.9 Å². The van der Waals surface area contributed by atoms with Gasteiger partial charge in [0, 0.05) is 23.3 Å². The Labute approximate surface area is 162 Å². The molecular formula is C19H17ClN2O4S. The van der Waals surface area contributed by atoms with Gasteiger partial charge in [-0.25, -0.2) is 17.4 Å². The maximum Gasteiger partial charge on any atom is 0.269 e. The van der Waals surface area contributed by atoms with E-state index in [1.807, 2.05) is 6.92 Å². The molecule has 1 saturated heterocycles. The Kier molecular flexibility index (Phi) is 4.77. The molecule has 0 N–H and O–H groups in total. The number of nitrogens with zero attached hydrogens (tertiary/aromatic N) is 2. The molecule has 140 valence electrons. The van der Waals surface area contributed by atoms with Crippen molar-refractivity contribution in [2.45, 2.75) is 18.1 Å². The number of aryl methyl sites for hydroxylation is 1. The minimum Gasteiger partial charge on any atom is -0.347 e. The first-order valence-corrected chi connectivity index (χ1v) is 10.2. The molecule has 1 aromatic carbocycles. The van der Waals surface area contributed by atoms with Crippen molar-refractivity contribution in [2.75, 3.05) is 13.2 Å². The summed E-state index contributed by atoms with van der Waals surface area (Å²) in [4.78, 5) is 4.52. The van der Waals surface area contributed by atoms with E-state index in [2.05, 4.69) is 4.98 Å². The van der Waals surface area contributed by atoms with E-state index in [0.29, 0.717) is 29.2 Å². The van der Waals surface area contributed by atoms with E-state index in [-0.39, 0.29) is 10.5 Å². The SMILES string of the molecule is Cc1ccc(S(=O)(=O)n2ccc3c(Cl)c(/C=C/C4OCCO4)cnc32)cc1. The number of benzene rings is 1. The fourth-order valence-corrected chi connectivity index (χ4v) is 4.41. The second-order valence-corrected chi connectivity index (χ2v) is 8.36. The summed E-state index contributed by atoms with van der Waals surface area (Å²) in [6.45, 7) is 3.01. The second kappa shape index (κ2) is 7.09. The van der Waals surface area contributed by atoms with Gasteiger partial charge in [0.2, 0.25) is 0 Å². The van der Waals surface area contributed by atoms with Gasteiger partial charge >= 0.3 is 0 Å². The highest BCUT2D eigenvalue weighted by Gasteiger charge is 2.21. The van der Waals surface area contributed by atoms with Crippen LogP contribution in [0.5, 0.6) is 0 Å². The summed E-state index contributed by atoms with van der Waals surface area (Å²) in [5.74, 6) is 0. The van der Waals surface area contributed by atoms with Crippen molar-refractivity contribution in [2.24, 2.45) is 0 Å². The molecule has 27 heavy (non-hydrogen) atoms. The highest BCUT2D eigenvalue weighted by molar-refractivity contribution is 7.90. The van der Waals surface area contributed by atoms with Crippen molar-refractivity contribution >= 4 is 38.7 Å². The van der Waals surface area contributed by atoms with Crippen LogP contribution in [0.1, 0.15) is 11.1 Å². The van der Waals surface area contributed by atoms with Crippen LogP contribution in [0.4, 0.5) is 0 Å². The number of pyridine rings is 1. The van der Waals surface area contributed by atoms with Crippen LogP contribution in [0.25, 0.3) is 17.1 Å². The third-order valence-corrected chi connectivity index (χ3v) is 6.40. The topological polar surface area (TPSA) is 70.4 Å². The average Bonchev–Trinajstić information content (AvgIpc) is 3.31. The fourth-order valence-electron chi connectivity index (χ4n) is 2.85. The van der Waals surface area contributed by atoms with E-state index >= 15 is 0 Å². The van der Waals surface area contributed by atoms with Gasteiger partial charge in [0.15, 0.2) is 11.9 Å². The minimum atomic E-state index is -3.76. The molecule has 1 aliphatic rings. The van der Waals surface area contributed by atoms with Crippen LogP contribution in [0.3, 0.4) is 0 Å². The van der Waals surface area contributed by atoms with Crippen LogP contribution in [0, 0.1) is 6.92 Å².